The van der Waals surface area contributed by atoms with Gasteiger partial charge >= 0.3 is 5.97 Å². The predicted octanol–water partition coefficient (Wildman–Crippen LogP) is 4.54. The third-order valence-electron chi connectivity index (χ3n) is 2.66. The molecule has 0 saturated heterocycles. The molecule has 0 amide bonds. The number of benzene rings is 2. The Balaban J connectivity index is 2.29. The van der Waals surface area contributed by atoms with E-state index in [1.165, 1.54) is 11.8 Å². The Hall–Kier alpha value is -1.96. The molecular formula is C16H12ClNO2S. The SMILES string of the molecule is CCOC(=O)c1cc(Sc2ccc(Cl)cc2)ccc1C#N. The van der Waals surface area contributed by atoms with Gasteiger partial charge in [0.1, 0.15) is 6.07 Å². The number of esters is 1. The maximum absolute atomic E-state index is 11.9. The zero-order chi connectivity index (χ0) is 15.2. The van der Waals surface area contributed by atoms with Gasteiger partial charge in [0.15, 0.2) is 0 Å². The number of halogens is 1. The summed E-state index contributed by atoms with van der Waals surface area (Å²) in [5, 5.41) is 9.74. The van der Waals surface area contributed by atoms with Crippen molar-refractivity contribution >= 4 is 29.3 Å². The Morgan fingerprint density at radius 2 is 1.90 bits per heavy atom. The van der Waals surface area contributed by atoms with Crippen LogP contribution >= 0.6 is 23.4 Å². The lowest BCUT2D eigenvalue weighted by molar-refractivity contribution is 0.0525. The molecule has 0 aliphatic rings. The molecule has 3 nitrogen and oxygen atoms in total. The van der Waals surface area contributed by atoms with Gasteiger partial charge in [-0.15, -0.1) is 0 Å². The van der Waals surface area contributed by atoms with Crippen LogP contribution in [0, 0.1) is 11.3 Å². The van der Waals surface area contributed by atoms with Crippen LogP contribution in [0.4, 0.5) is 0 Å². The van der Waals surface area contributed by atoms with Crippen LogP contribution in [0.1, 0.15) is 22.8 Å². The van der Waals surface area contributed by atoms with Crippen LogP contribution in [0.15, 0.2) is 52.3 Å². The van der Waals surface area contributed by atoms with Crippen molar-refractivity contribution in [2.75, 3.05) is 6.61 Å². The second kappa shape index (κ2) is 7.16. The Bertz CT molecular complexity index is 692. The lowest BCUT2D eigenvalue weighted by Crippen LogP contribution is -2.07. The van der Waals surface area contributed by atoms with Gasteiger partial charge in [0.25, 0.3) is 0 Å². The van der Waals surface area contributed by atoms with Crippen LogP contribution < -0.4 is 0 Å². The molecule has 0 aromatic heterocycles. The zero-order valence-corrected chi connectivity index (χ0v) is 12.9. The van der Waals surface area contributed by atoms with E-state index in [2.05, 4.69) is 0 Å². The number of ether oxygens (including phenoxy) is 1. The van der Waals surface area contributed by atoms with Gasteiger partial charge < -0.3 is 4.74 Å². The molecule has 0 atom stereocenters. The van der Waals surface area contributed by atoms with Gasteiger partial charge in [-0.1, -0.05) is 23.4 Å². The summed E-state index contributed by atoms with van der Waals surface area (Å²) >= 11 is 7.34. The normalized spacial score (nSPS) is 9.95. The average molecular weight is 318 g/mol. The van der Waals surface area contributed by atoms with Crippen LogP contribution in [-0.4, -0.2) is 12.6 Å². The molecule has 21 heavy (non-hydrogen) atoms. The fourth-order valence-corrected chi connectivity index (χ4v) is 2.68. The molecule has 2 aromatic carbocycles. The van der Waals surface area contributed by atoms with E-state index in [0.29, 0.717) is 16.1 Å². The van der Waals surface area contributed by atoms with E-state index in [9.17, 15) is 4.79 Å². The van der Waals surface area contributed by atoms with Crippen molar-refractivity contribution < 1.29 is 9.53 Å². The van der Waals surface area contributed by atoms with E-state index in [1.54, 1.807) is 37.3 Å². The zero-order valence-electron chi connectivity index (χ0n) is 11.3. The van der Waals surface area contributed by atoms with E-state index >= 15 is 0 Å². The number of nitriles is 1. The Morgan fingerprint density at radius 1 is 1.24 bits per heavy atom. The maximum Gasteiger partial charge on any atom is 0.339 e. The summed E-state index contributed by atoms with van der Waals surface area (Å²) in [4.78, 5) is 13.7. The van der Waals surface area contributed by atoms with Gasteiger partial charge in [-0.05, 0) is 49.4 Å². The van der Waals surface area contributed by atoms with Crippen molar-refractivity contribution in [1.29, 1.82) is 5.26 Å². The number of hydrogen-bond donors (Lipinski definition) is 0. The van der Waals surface area contributed by atoms with Crippen LogP contribution in [0.25, 0.3) is 0 Å². The lowest BCUT2D eigenvalue weighted by Gasteiger charge is -2.07. The van der Waals surface area contributed by atoms with Crippen molar-refractivity contribution in [2.45, 2.75) is 16.7 Å². The van der Waals surface area contributed by atoms with Crippen LogP contribution in [0.5, 0.6) is 0 Å². The number of nitrogens with zero attached hydrogens (tertiary/aromatic N) is 1. The maximum atomic E-state index is 11.9. The molecule has 2 aromatic rings. The summed E-state index contributed by atoms with van der Waals surface area (Å²) in [7, 11) is 0. The largest absolute Gasteiger partial charge is 0.462 e. The van der Waals surface area contributed by atoms with Crippen molar-refractivity contribution in [3.05, 3.63) is 58.6 Å². The molecular weight excluding hydrogens is 306 g/mol. The molecule has 0 radical (unpaired) electrons. The Kier molecular flexibility index (Phi) is 5.26. The third-order valence-corrected chi connectivity index (χ3v) is 3.91. The number of carbonyl (C=O) groups is 1. The molecule has 0 bridgehead atoms. The molecule has 0 aliphatic heterocycles. The highest BCUT2D eigenvalue weighted by Crippen LogP contribution is 2.30. The summed E-state index contributed by atoms with van der Waals surface area (Å²) < 4.78 is 4.97. The monoisotopic (exact) mass is 317 g/mol. The van der Waals surface area contributed by atoms with Gasteiger partial charge in [-0.3, -0.25) is 0 Å². The molecule has 0 unspecified atom stereocenters. The van der Waals surface area contributed by atoms with E-state index in [-0.39, 0.29) is 6.61 Å². The number of rotatable bonds is 4. The van der Waals surface area contributed by atoms with Gasteiger partial charge in [0.05, 0.1) is 17.7 Å². The van der Waals surface area contributed by atoms with E-state index in [1.807, 2.05) is 18.2 Å². The van der Waals surface area contributed by atoms with Gasteiger partial charge in [-0.25, -0.2) is 4.79 Å². The average Bonchev–Trinajstić information content (AvgIpc) is 2.50. The molecule has 5 heteroatoms. The summed E-state index contributed by atoms with van der Waals surface area (Å²) in [6.07, 6.45) is 0. The van der Waals surface area contributed by atoms with E-state index in [4.69, 9.17) is 21.6 Å². The first-order valence-electron chi connectivity index (χ1n) is 6.28. The third kappa shape index (κ3) is 4.01. The predicted molar refractivity (Wildman–Crippen MR) is 82.7 cm³/mol. The van der Waals surface area contributed by atoms with Crippen LogP contribution in [0.3, 0.4) is 0 Å². The highest BCUT2D eigenvalue weighted by molar-refractivity contribution is 7.99. The number of carbonyl (C=O) groups excluding carboxylic acids is 1. The molecule has 0 fully saturated rings. The summed E-state index contributed by atoms with van der Waals surface area (Å²) in [6.45, 7) is 2.01. The van der Waals surface area contributed by atoms with Crippen molar-refractivity contribution in [1.82, 2.24) is 0 Å². The van der Waals surface area contributed by atoms with Gasteiger partial charge in [0.2, 0.25) is 0 Å². The minimum atomic E-state index is -0.479. The minimum absolute atomic E-state index is 0.276. The molecule has 0 aliphatic carbocycles. The van der Waals surface area contributed by atoms with Crippen molar-refractivity contribution in [3.63, 3.8) is 0 Å². The smallest absolute Gasteiger partial charge is 0.339 e. The quantitative estimate of drug-likeness (QED) is 0.777. The molecule has 106 valence electrons. The fraction of sp³-hybridized carbons (Fsp3) is 0.125. The van der Waals surface area contributed by atoms with Crippen LogP contribution in [0.2, 0.25) is 5.02 Å². The lowest BCUT2D eigenvalue weighted by atomic mass is 10.1. The summed E-state index contributed by atoms with van der Waals surface area (Å²) in [6, 6.07) is 14.5. The topological polar surface area (TPSA) is 50.1 Å². The second-order valence-electron chi connectivity index (χ2n) is 4.10. The first kappa shape index (κ1) is 15.4. The Morgan fingerprint density at radius 3 is 2.52 bits per heavy atom. The molecule has 0 N–H and O–H groups in total. The minimum Gasteiger partial charge on any atom is -0.462 e. The first-order chi connectivity index (χ1) is 10.1. The van der Waals surface area contributed by atoms with Gasteiger partial charge in [0, 0.05) is 14.8 Å². The highest BCUT2D eigenvalue weighted by atomic mass is 35.5. The Labute approximate surface area is 132 Å². The molecule has 0 spiro atoms. The molecule has 0 saturated carbocycles. The molecule has 2 rings (SSSR count). The standard InChI is InChI=1S/C16H12ClNO2S/c1-2-20-16(19)15-9-14(6-3-11(15)10-18)21-13-7-4-12(17)5-8-13/h3-9H,2H2,1H3. The van der Waals surface area contributed by atoms with Crippen LogP contribution in [-0.2, 0) is 4.74 Å². The first-order valence-corrected chi connectivity index (χ1v) is 7.48. The number of hydrogen-bond acceptors (Lipinski definition) is 4. The van der Waals surface area contributed by atoms with Crippen molar-refractivity contribution in [2.24, 2.45) is 0 Å². The van der Waals surface area contributed by atoms with E-state index < -0.39 is 5.97 Å². The van der Waals surface area contributed by atoms with E-state index in [0.717, 1.165) is 9.79 Å². The van der Waals surface area contributed by atoms with Gasteiger partial charge in [-0.2, -0.15) is 5.26 Å². The highest BCUT2D eigenvalue weighted by Gasteiger charge is 2.13. The summed E-state index contributed by atoms with van der Waals surface area (Å²) in [5.74, 6) is -0.479. The molecule has 0 heterocycles. The summed E-state index contributed by atoms with van der Waals surface area (Å²) in [5.41, 5.74) is 0.604. The fourth-order valence-electron chi connectivity index (χ4n) is 1.70. The van der Waals surface area contributed by atoms with Crippen molar-refractivity contribution in [3.8, 4) is 6.07 Å². The second-order valence-corrected chi connectivity index (χ2v) is 5.68.